The van der Waals surface area contributed by atoms with E-state index in [0.29, 0.717) is 0 Å². The van der Waals surface area contributed by atoms with Crippen molar-refractivity contribution in [3.05, 3.63) is 417 Å². The summed E-state index contributed by atoms with van der Waals surface area (Å²) in [7, 11) is 0. The fourth-order valence-corrected chi connectivity index (χ4v) is 16.1. The highest BCUT2D eigenvalue weighted by molar-refractivity contribution is 5.96. The highest BCUT2D eigenvalue weighted by atomic mass is 14.5. The van der Waals surface area contributed by atoms with Gasteiger partial charge in [-0.2, -0.15) is 0 Å². The Hall–Kier alpha value is -10.9. The lowest BCUT2D eigenvalue weighted by Gasteiger charge is -2.34. The monoisotopic (exact) mass is 1250 g/mol. The minimum Gasteiger partial charge on any atom is -0.0622 e. The summed E-state index contributed by atoms with van der Waals surface area (Å²) in [5.74, 6) is 0. The SMILES string of the molecule is Cc1ccc(-c2ccc3c(c2)C(C)(C)c2ccccc2-3)cc1.Cc1ccc(-c2ccc3c(c2)C(c2ccccc2)(c2ccccc2)c2ccccc2-3)cc1.Cc1ccc(-c2ccc3c(c2)C2(c4ccccc4-c4ccccc42)c2ccccc2-3)cc1.Cc1ccc(C(C)(C)C)cc1. The molecule has 0 unspecified atom stereocenters. The van der Waals surface area contributed by atoms with Crippen LogP contribution >= 0.6 is 0 Å². The van der Waals surface area contributed by atoms with E-state index in [2.05, 4.69) is 396 Å². The summed E-state index contributed by atoms with van der Waals surface area (Å²) in [5, 5.41) is 0. The van der Waals surface area contributed by atoms with Gasteiger partial charge in [-0.15, -0.1) is 0 Å². The second kappa shape index (κ2) is 25.0. The lowest BCUT2D eigenvalue weighted by atomic mass is 9.67. The first-order valence-electron chi connectivity index (χ1n) is 34.5. The minimum atomic E-state index is -0.338. The molecule has 0 heterocycles. The molecule has 0 nitrogen and oxygen atoms in total. The number of benzene rings is 14. The molecule has 0 N–H and O–H groups in total. The van der Waals surface area contributed by atoms with Crippen LogP contribution in [0.25, 0.3) is 77.9 Å². The number of hydrogen-bond acceptors (Lipinski definition) is 0. The van der Waals surface area contributed by atoms with Crippen LogP contribution in [0.1, 0.15) is 118 Å². The molecular formula is C97H82. The Labute approximate surface area is 575 Å². The summed E-state index contributed by atoms with van der Waals surface area (Å²) >= 11 is 0. The Morgan fingerprint density at radius 2 is 0.454 bits per heavy atom. The summed E-state index contributed by atoms with van der Waals surface area (Å²) in [6.45, 7) is 19.9. The molecule has 18 rings (SSSR count). The Kier molecular flexibility index (Phi) is 16.0. The Morgan fingerprint density at radius 3 is 0.804 bits per heavy atom. The first-order chi connectivity index (χ1) is 47.1. The van der Waals surface area contributed by atoms with E-state index >= 15 is 0 Å². The zero-order valence-electron chi connectivity index (χ0n) is 57.3. The third-order valence-electron chi connectivity index (χ3n) is 21.1. The molecule has 1 spiro atoms. The van der Waals surface area contributed by atoms with Gasteiger partial charge in [0.05, 0.1) is 10.8 Å². The fraction of sp³-hybridized carbons (Fsp3) is 0.134. The molecule has 0 atom stereocenters. The van der Waals surface area contributed by atoms with Crippen molar-refractivity contribution in [2.75, 3.05) is 0 Å². The molecule has 0 amide bonds. The van der Waals surface area contributed by atoms with Crippen LogP contribution in [0.5, 0.6) is 0 Å². The zero-order chi connectivity index (χ0) is 66.6. The Balaban J connectivity index is 0.000000112. The molecular weight excluding hydrogens is 1170 g/mol. The first kappa shape index (κ1) is 62.2. The molecule has 0 radical (unpaired) electrons. The molecule has 0 saturated heterocycles. The van der Waals surface area contributed by atoms with Crippen LogP contribution in [0.15, 0.2) is 334 Å². The summed E-state index contributed by atoms with van der Waals surface area (Å²) in [5.41, 5.74) is 38.6. The van der Waals surface area contributed by atoms with Crippen molar-refractivity contribution in [3.8, 4) is 77.9 Å². The van der Waals surface area contributed by atoms with Crippen molar-refractivity contribution < 1.29 is 0 Å². The quantitative estimate of drug-likeness (QED) is 0.161. The highest BCUT2D eigenvalue weighted by Gasteiger charge is 2.52. The standard InChI is InChI=1S/C32H22.C32H24.C22H20.C11H16/c1-21-14-16-22(17-15-21)23-18-19-27-26-10-4-7-13-30(26)32(31(27)20-23)28-11-5-2-8-24(28)25-9-3-6-12-29(25)32;1-23-16-18-24(19-17-23)25-20-21-29-28-14-8-9-15-30(28)32(31(29)22-25,26-10-4-2-5-11-26)27-12-6-3-7-13-27;1-15-8-10-16(11-9-15)17-12-13-19-18-6-4-5-7-20(18)22(2,3)21(19)14-17;1-9-5-7-10(8-6-9)11(2,3)4/h2-20H,1H3;2-22H,1H3;4-14H,1-3H3;5-8H,1-4H3. The minimum absolute atomic E-state index is 0.0760. The molecule has 0 heteroatoms. The average molecular weight is 1250 g/mol. The van der Waals surface area contributed by atoms with E-state index < -0.39 is 0 Å². The molecule has 14 aromatic carbocycles. The second-order valence-corrected chi connectivity index (χ2v) is 28.6. The smallest absolute Gasteiger partial charge is 0.0622 e. The third-order valence-corrected chi connectivity index (χ3v) is 21.1. The van der Waals surface area contributed by atoms with E-state index in [1.54, 1.807) is 0 Å². The molecule has 0 aliphatic heterocycles. The maximum Gasteiger partial charge on any atom is 0.0725 e. The molecule has 14 aromatic rings. The van der Waals surface area contributed by atoms with Crippen LogP contribution in [0.4, 0.5) is 0 Å². The van der Waals surface area contributed by atoms with Gasteiger partial charge in [-0.05, 0) is 190 Å². The molecule has 97 heavy (non-hydrogen) atoms. The molecule has 0 aromatic heterocycles. The van der Waals surface area contributed by atoms with Crippen molar-refractivity contribution >= 4 is 0 Å². The van der Waals surface area contributed by atoms with Crippen molar-refractivity contribution in [1.82, 2.24) is 0 Å². The molecule has 4 aliphatic rings. The van der Waals surface area contributed by atoms with E-state index in [9.17, 15) is 0 Å². The predicted octanol–water partition coefficient (Wildman–Crippen LogP) is 25.3. The van der Waals surface area contributed by atoms with Crippen molar-refractivity contribution in [3.63, 3.8) is 0 Å². The number of fused-ring (bicyclic) bond motifs is 16. The number of hydrogen-bond donors (Lipinski definition) is 0. The maximum absolute atomic E-state index is 2.44. The van der Waals surface area contributed by atoms with Gasteiger partial charge in [-0.1, -0.05) is 372 Å². The second-order valence-electron chi connectivity index (χ2n) is 28.6. The molecule has 0 saturated carbocycles. The van der Waals surface area contributed by atoms with Crippen LogP contribution in [0, 0.1) is 27.7 Å². The van der Waals surface area contributed by atoms with Gasteiger partial charge in [0.1, 0.15) is 0 Å². The largest absolute Gasteiger partial charge is 0.0725 e. The van der Waals surface area contributed by atoms with Gasteiger partial charge in [0.25, 0.3) is 0 Å². The van der Waals surface area contributed by atoms with Crippen LogP contribution in [-0.4, -0.2) is 0 Å². The van der Waals surface area contributed by atoms with E-state index in [4.69, 9.17) is 0 Å². The van der Waals surface area contributed by atoms with E-state index in [1.807, 2.05) is 0 Å². The number of aryl methyl sites for hydroxylation is 4. The molecule has 470 valence electrons. The first-order valence-corrected chi connectivity index (χ1v) is 34.5. The lowest BCUT2D eigenvalue weighted by molar-refractivity contribution is 0.590. The Bertz CT molecular complexity index is 4960. The molecule has 4 aliphatic carbocycles. The highest BCUT2D eigenvalue weighted by Crippen LogP contribution is 2.63. The van der Waals surface area contributed by atoms with Crippen molar-refractivity contribution in [1.29, 1.82) is 0 Å². The Morgan fingerprint density at radius 1 is 0.206 bits per heavy atom. The van der Waals surface area contributed by atoms with Gasteiger partial charge in [-0.25, -0.2) is 0 Å². The van der Waals surface area contributed by atoms with E-state index in [0.717, 1.165) is 0 Å². The molecule has 0 fully saturated rings. The van der Waals surface area contributed by atoms with Gasteiger partial charge in [0.15, 0.2) is 0 Å². The summed E-state index contributed by atoms with van der Waals surface area (Å²) in [6.07, 6.45) is 0. The summed E-state index contributed by atoms with van der Waals surface area (Å²) in [4.78, 5) is 0. The van der Waals surface area contributed by atoms with E-state index in [1.165, 1.54) is 161 Å². The van der Waals surface area contributed by atoms with Gasteiger partial charge < -0.3 is 0 Å². The predicted molar refractivity (Wildman–Crippen MR) is 411 cm³/mol. The van der Waals surface area contributed by atoms with Crippen molar-refractivity contribution in [2.24, 2.45) is 0 Å². The maximum atomic E-state index is 2.44. The summed E-state index contributed by atoms with van der Waals surface area (Å²) < 4.78 is 0. The topological polar surface area (TPSA) is 0 Å². The average Bonchev–Trinajstić information content (AvgIpc) is 1.52. The van der Waals surface area contributed by atoms with Gasteiger partial charge in [0.2, 0.25) is 0 Å². The van der Waals surface area contributed by atoms with Gasteiger partial charge in [0, 0.05) is 5.41 Å². The normalized spacial score (nSPS) is 13.7. The third kappa shape index (κ3) is 10.8. The lowest BCUT2D eigenvalue weighted by Crippen LogP contribution is -2.28. The van der Waals surface area contributed by atoms with Gasteiger partial charge in [-0.3, -0.25) is 0 Å². The van der Waals surface area contributed by atoms with Crippen molar-refractivity contribution in [2.45, 2.75) is 84.0 Å². The van der Waals surface area contributed by atoms with Crippen LogP contribution in [-0.2, 0) is 21.7 Å². The van der Waals surface area contributed by atoms with Crippen LogP contribution < -0.4 is 0 Å². The van der Waals surface area contributed by atoms with Crippen LogP contribution in [0.2, 0.25) is 0 Å². The summed E-state index contributed by atoms with van der Waals surface area (Å²) in [6, 6.07) is 123. The molecule has 0 bridgehead atoms. The number of rotatable bonds is 5. The zero-order valence-corrected chi connectivity index (χ0v) is 57.3. The van der Waals surface area contributed by atoms with E-state index in [-0.39, 0.29) is 21.7 Å². The fourth-order valence-electron chi connectivity index (χ4n) is 16.1. The van der Waals surface area contributed by atoms with Crippen LogP contribution in [0.3, 0.4) is 0 Å². The van der Waals surface area contributed by atoms with Gasteiger partial charge >= 0.3 is 0 Å².